The number of benzene rings is 1. The van der Waals surface area contributed by atoms with Crippen molar-refractivity contribution >= 4 is 5.91 Å². The average molecular weight is 260 g/mol. The first kappa shape index (κ1) is 14.1. The third-order valence-corrected chi connectivity index (χ3v) is 3.92. The molecule has 0 bridgehead atoms. The van der Waals surface area contributed by atoms with Gasteiger partial charge in [-0.3, -0.25) is 4.79 Å². The molecule has 0 aromatic heterocycles. The highest BCUT2D eigenvalue weighted by molar-refractivity contribution is 5.94. The van der Waals surface area contributed by atoms with Gasteiger partial charge in [-0.05, 0) is 43.9 Å². The number of hydrogen-bond donors (Lipinski definition) is 1. The van der Waals surface area contributed by atoms with Gasteiger partial charge in [-0.2, -0.15) is 0 Å². The zero-order valence-electron chi connectivity index (χ0n) is 11.9. The first-order chi connectivity index (χ1) is 9.11. The van der Waals surface area contributed by atoms with Crippen LogP contribution < -0.4 is 5.73 Å². The number of piperidine rings is 1. The van der Waals surface area contributed by atoms with Crippen molar-refractivity contribution in [1.29, 1.82) is 0 Å². The minimum atomic E-state index is 0.141. The molecule has 2 N–H and O–H groups in total. The van der Waals surface area contributed by atoms with Crippen LogP contribution in [-0.4, -0.2) is 29.4 Å². The summed E-state index contributed by atoms with van der Waals surface area (Å²) in [7, 11) is 0. The lowest BCUT2D eigenvalue weighted by Gasteiger charge is -2.36. The van der Waals surface area contributed by atoms with Gasteiger partial charge in [-0.1, -0.05) is 25.5 Å². The van der Waals surface area contributed by atoms with E-state index in [-0.39, 0.29) is 18.0 Å². The summed E-state index contributed by atoms with van der Waals surface area (Å²) in [6.45, 7) is 5.03. The van der Waals surface area contributed by atoms with Gasteiger partial charge in [0, 0.05) is 24.2 Å². The summed E-state index contributed by atoms with van der Waals surface area (Å²) >= 11 is 0. The summed E-state index contributed by atoms with van der Waals surface area (Å²) in [5.41, 5.74) is 8.03. The van der Waals surface area contributed by atoms with E-state index >= 15 is 0 Å². The second-order valence-corrected chi connectivity index (χ2v) is 5.58. The fourth-order valence-electron chi connectivity index (χ4n) is 2.78. The lowest BCUT2D eigenvalue weighted by atomic mass is 9.98. The van der Waals surface area contributed by atoms with Crippen LogP contribution in [0.4, 0.5) is 0 Å². The van der Waals surface area contributed by atoms with Crippen LogP contribution in [0.2, 0.25) is 0 Å². The second-order valence-electron chi connectivity index (χ2n) is 5.58. The van der Waals surface area contributed by atoms with Gasteiger partial charge in [0.15, 0.2) is 0 Å². The Morgan fingerprint density at radius 2 is 2.05 bits per heavy atom. The number of carbonyl (C=O) groups is 1. The Hall–Kier alpha value is -1.35. The van der Waals surface area contributed by atoms with E-state index in [4.69, 9.17) is 5.73 Å². The predicted octanol–water partition coefficient (Wildman–Crippen LogP) is 2.59. The van der Waals surface area contributed by atoms with E-state index in [2.05, 4.69) is 26.0 Å². The van der Waals surface area contributed by atoms with Crippen molar-refractivity contribution in [3.63, 3.8) is 0 Å². The highest BCUT2D eigenvalue weighted by Crippen LogP contribution is 2.19. The molecule has 1 aliphatic rings. The minimum absolute atomic E-state index is 0.141. The van der Waals surface area contributed by atoms with E-state index in [0.717, 1.165) is 37.8 Å². The molecule has 1 aliphatic heterocycles. The van der Waals surface area contributed by atoms with Crippen LogP contribution >= 0.6 is 0 Å². The van der Waals surface area contributed by atoms with E-state index in [0.29, 0.717) is 0 Å². The van der Waals surface area contributed by atoms with Gasteiger partial charge in [-0.15, -0.1) is 0 Å². The SMILES string of the molecule is CCCc1ccc(C(=O)N2CC[C@H](N)C[C@H]2C)cc1. The van der Waals surface area contributed by atoms with Gasteiger partial charge in [0.1, 0.15) is 0 Å². The van der Waals surface area contributed by atoms with Crippen molar-refractivity contribution < 1.29 is 4.79 Å². The van der Waals surface area contributed by atoms with E-state index in [9.17, 15) is 4.79 Å². The van der Waals surface area contributed by atoms with Gasteiger partial charge in [0.05, 0.1) is 0 Å². The third-order valence-electron chi connectivity index (χ3n) is 3.92. The molecule has 1 heterocycles. The number of nitrogens with zero attached hydrogens (tertiary/aromatic N) is 1. The molecule has 1 saturated heterocycles. The lowest BCUT2D eigenvalue weighted by Crippen LogP contribution is -2.48. The Morgan fingerprint density at radius 1 is 1.37 bits per heavy atom. The summed E-state index contributed by atoms with van der Waals surface area (Å²) < 4.78 is 0. The second kappa shape index (κ2) is 6.20. The maximum atomic E-state index is 12.5. The molecule has 1 amide bonds. The Morgan fingerprint density at radius 3 is 2.63 bits per heavy atom. The summed E-state index contributed by atoms with van der Waals surface area (Å²) in [6, 6.07) is 8.52. The molecule has 0 spiro atoms. The van der Waals surface area contributed by atoms with Crippen LogP contribution in [0.15, 0.2) is 24.3 Å². The zero-order valence-corrected chi connectivity index (χ0v) is 11.9. The highest BCUT2D eigenvalue weighted by Gasteiger charge is 2.27. The van der Waals surface area contributed by atoms with Gasteiger partial charge in [-0.25, -0.2) is 0 Å². The van der Waals surface area contributed by atoms with Gasteiger partial charge < -0.3 is 10.6 Å². The minimum Gasteiger partial charge on any atom is -0.336 e. The number of aryl methyl sites for hydroxylation is 1. The molecule has 19 heavy (non-hydrogen) atoms. The molecule has 3 heteroatoms. The number of hydrogen-bond acceptors (Lipinski definition) is 2. The van der Waals surface area contributed by atoms with Gasteiger partial charge in [0.2, 0.25) is 0 Å². The molecule has 0 unspecified atom stereocenters. The van der Waals surface area contributed by atoms with Gasteiger partial charge >= 0.3 is 0 Å². The molecule has 1 aromatic carbocycles. The molecule has 2 rings (SSSR count). The van der Waals surface area contributed by atoms with Crippen LogP contribution in [0.1, 0.15) is 49.0 Å². The van der Waals surface area contributed by atoms with E-state index in [1.54, 1.807) is 0 Å². The van der Waals surface area contributed by atoms with Crippen molar-refractivity contribution in [2.24, 2.45) is 5.73 Å². The van der Waals surface area contributed by atoms with Crippen molar-refractivity contribution in [1.82, 2.24) is 4.90 Å². The Balaban J connectivity index is 2.06. The number of carbonyl (C=O) groups excluding carboxylic acids is 1. The number of rotatable bonds is 3. The molecular formula is C16H24N2O. The van der Waals surface area contributed by atoms with Crippen molar-refractivity contribution in [3.05, 3.63) is 35.4 Å². The fourth-order valence-corrected chi connectivity index (χ4v) is 2.78. The maximum absolute atomic E-state index is 12.5. The Labute approximate surface area is 115 Å². The van der Waals surface area contributed by atoms with Crippen LogP contribution in [0, 0.1) is 0 Å². The number of nitrogens with two attached hydrogens (primary N) is 1. The van der Waals surface area contributed by atoms with Crippen molar-refractivity contribution in [2.75, 3.05) is 6.54 Å². The fraction of sp³-hybridized carbons (Fsp3) is 0.562. The molecule has 104 valence electrons. The van der Waals surface area contributed by atoms with Crippen molar-refractivity contribution in [3.8, 4) is 0 Å². The summed E-state index contributed by atoms with van der Waals surface area (Å²) in [5.74, 6) is 0.141. The zero-order chi connectivity index (χ0) is 13.8. The first-order valence-electron chi connectivity index (χ1n) is 7.27. The smallest absolute Gasteiger partial charge is 0.254 e. The predicted molar refractivity (Wildman–Crippen MR) is 78.1 cm³/mol. The normalized spacial score (nSPS) is 23.4. The molecule has 2 atom stereocenters. The number of likely N-dealkylation sites (tertiary alicyclic amines) is 1. The Kier molecular flexibility index (Phi) is 4.59. The molecule has 3 nitrogen and oxygen atoms in total. The summed E-state index contributed by atoms with van der Waals surface area (Å²) in [5, 5.41) is 0. The molecule has 0 aliphatic carbocycles. The molecule has 0 saturated carbocycles. The van der Waals surface area contributed by atoms with Crippen LogP contribution in [0.5, 0.6) is 0 Å². The van der Waals surface area contributed by atoms with Crippen molar-refractivity contribution in [2.45, 2.75) is 51.6 Å². The van der Waals surface area contributed by atoms with E-state index in [1.165, 1.54) is 5.56 Å². The Bertz CT molecular complexity index is 427. The molecule has 1 aromatic rings. The quantitative estimate of drug-likeness (QED) is 0.908. The maximum Gasteiger partial charge on any atom is 0.254 e. The number of amides is 1. The van der Waals surface area contributed by atoms with Gasteiger partial charge in [0.25, 0.3) is 5.91 Å². The molecule has 0 radical (unpaired) electrons. The van der Waals surface area contributed by atoms with E-state index < -0.39 is 0 Å². The summed E-state index contributed by atoms with van der Waals surface area (Å²) in [4.78, 5) is 14.4. The largest absolute Gasteiger partial charge is 0.336 e. The molecular weight excluding hydrogens is 236 g/mol. The summed E-state index contributed by atoms with van der Waals surface area (Å²) in [6.07, 6.45) is 4.02. The van der Waals surface area contributed by atoms with Crippen LogP contribution in [-0.2, 0) is 6.42 Å². The van der Waals surface area contributed by atoms with Crippen LogP contribution in [0.25, 0.3) is 0 Å². The topological polar surface area (TPSA) is 46.3 Å². The van der Waals surface area contributed by atoms with E-state index in [1.807, 2.05) is 17.0 Å². The first-order valence-corrected chi connectivity index (χ1v) is 7.27. The third kappa shape index (κ3) is 3.35. The molecule has 1 fully saturated rings. The highest BCUT2D eigenvalue weighted by atomic mass is 16.2. The average Bonchev–Trinajstić information content (AvgIpc) is 2.39. The standard InChI is InChI=1S/C16H24N2O/c1-3-4-13-5-7-14(8-6-13)16(19)18-10-9-15(17)11-12(18)2/h5-8,12,15H,3-4,9-11,17H2,1-2H3/t12-,15+/m1/s1. The lowest BCUT2D eigenvalue weighted by molar-refractivity contribution is 0.0619. The monoisotopic (exact) mass is 260 g/mol. The van der Waals surface area contributed by atoms with Crippen LogP contribution in [0.3, 0.4) is 0 Å².